The molecule has 0 bridgehead atoms. The summed E-state index contributed by atoms with van der Waals surface area (Å²) < 4.78 is 27.9. The molecule has 0 fully saturated rings. The smallest absolute Gasteiger partial charge is 0.258 e. The Labute approximate surface area is 113 Å². The third-order valence-corrected chi connectivity index (χ3v) is 3.24. The van der Waals surface area contributed by atoms with E-state index < -0.39 is 11.6 Å². The van der Waals surface area contributed by atoms with E-state index in [0.29, 0.717) is 5.39 Å². The predicted molar refractivity (Wildman–Crippen MR) is 73.7 cm³/mol. The average Bonchev–Trinajstić information content (AvgIpc) is 2.45. The average molecular weight is 271 g/mol. The van der Waals surface area contributed by atoms with Gasteiger partial charge in [0.25, 0.3) is 5.56 Å². The van der Waals surface area contributed by atoms with Crippen LogP contribution in [-0.2, 0) is 6.54 Å². The Hall–Kier alpha value is -2.49. The van der Waals surface area contributed by atoms with E-state index in [1.807, 2.05) is 12.1 Å². The molecule has 0 aliphatic carbocycles. The summed E-state index contributed by atoms with van der Waals surface area (Å²) in [6.45, 7) is 0.0791. The minimum atomic E-state index is -0.648. The van der Waals surface area contributed by atoms with Crippen molar-refractivity contribution < 1.29 is 8.78 Å². The van der Waals surface area contributed by atoms with E-state index in [0.717, 1.165) is 11.5 Å². The van der Waals surface area contributed by atoms with Gasteiger partial charge in [0, 0.05) is 23.2 Å². The highest BCUT2D eigenvalue weighted by atomic mass is 19.1. The van der Waals surface area contributed by atoms with Gasteiger partial charge in [-0.15, -0.1) is 0 Å². The molecular weight excluding hydrogens is 260 g/mol. The molecule has 0 radical (unpaired) electrons. The fraction of sp³-hybridized carbons (Fsp3) is 0.0625. The van der Waals surface area contributed by atoms with Crippen molar-refractivity contribution in [1.29, 1.82) is 0 Å². The minimum Gasteiger partial charge on any atom is -0.310 e. The summed E-state index contributed by atoms with van der Waals surface area (Å²) in [6, 6.07) is 12.4. The van der Waals surface area contributed by atoms with E-state index >= 15 is 0 Å². The maximum Gasteiger partial charge on any atom is 0.258 e. The number of fused-ring (bicyclic) bond motifs is 1. The van der Waals surface area contributed by atoms with Gasteiger partial charge in [-0.05, 0) is 23.6 Å². The van der Waals surface area contributed by atoms with Crippen LogP contribution < -0.4 is 5.56 Å². The van der Waals surface area contributed by atoms with Gasteiger partial charge in [0.15, 0.2) is 0 Å². The maximum absolute atomic E-state index is 13.6. The Balaban J connectivity index is 2.07. The van der Waals surface area contributed by atoms with Crippen LogP contribution in [0.5, 0.6) is 0 Å². The number of pyridine rings is 1. The van der Waals surface area contributed by atoms with Crippen molar-refractivity contribution in [2.24, 2.45) is 0 Å². The number of rotatable bonds is 2. The number of benzene rings is 2. The summed E-state index contributed by atoms with van der Waals surface area (Å²) in [6.07, 6.45) is 1.62. The molecule has 0 unspecified atom stereocenters. The number of hydrogen-bond acceptors (Lipinski definition) is 1. The molecule has 3 aromatic rings. The molecule has 0 N–H and O–H groups in total. The standard InChI is InChI=1S/C16H11F2NO/c17-13-6-5-12(15(18)9-13)10-19-8-7-11-3-1-2-4-14(11)16(19)20/h1-9H,10H2. The highest BCUT2D eigenvalue weighted by Gasteiger charge is 2.07. The summed E-state index contributed by atoms with van der Waals surface area (Å²) in [5.74, 6) is -1.28. The van der Waals surface area contributed by atoms with Crippen molar-refractivity contribution >= 4 is 10.8 Å². The number of halogens is 2. The van der Waals surface area contributed by atoms with Crippen LogP contribution in [0.25, 0.3) is 10.8 Å². The zero-order chi connectivity index (χ0) is 14.1. The third-order valence-electron chi connectivity index (χ3n) is 3.24. The molecule has 20 heavy (non-hydrogen) atoms. The van der Waals surface area contributed by atoms with E-state index in [1.54, 1.807) is 24.4 Å². The first kappa shape index (κ1) is 12.5. The summed E-state index contributed by atoms with van der Waals surface area (Å²) in [5.41, 5.74) is 0.0932. The first-order valence-corrected chi connectivity index (χ1v) is 6.17. The second kappa shape index (κ2) is 4.89. The second-order valence-corrected chi connectivity index (χ2v) is 4.57. The van der Waals surface area contributed by atoms with Crippen molar-refractivity contribution in [1.82, 2.24) is 4.57 Å². The van der Waals surface area contributed by atoms with E-state index in [2.05, 4.69) is 0 Å². The Bertz CT molecular complexity index is 839. The molecule has 2 aromatic carbocycles. The van der Waals surface area contributed by atoms with E-state index in [9.17, 15) is 13.6 Å². The van der Waals surface area contributed by atoms with Gasteiger partial charge >= 0.3 is 0 Å². The fourth-order valence-corrected chi connectivity index (χ4v) is 2.19. The van der Waals surface area contributed by atoms with Gasteiger partial charge in [-0.2, -0.15) is 0 Å². The zero-order valence-corrected chi connectivity index (χ0v) is 10.5. The number of hydrogen-bond donors (Lipinski definition) is 0. The molecule has 0 atom stereocenters. The predicted octanol–water partition coefficient (Wildman–Crippen LogP) is 3.33. The number of aromatic nitrogens is 1. The molecule has 3 rings (SSSR count). The van der Waals surface area contributed by atoms with Gasteiger partial charge in [0.05, 0.1) is 6.54 Å². The first-order valence-electron chi connectivity index (χ1n) is 6.17. The largest absolute Gasteiger partial charge is 0.310 e. The Morgan fingerprint density at radius 2 is 1.80 bits per heavy atom. The van der Waals surface area contributed by atoms with Gasteiger partial charge in [-0.25, -0.2) is 8.78 Å². The summed E-state index contributed by atoms with van der Waals surface area (Å²) in [4.78, 5) is 12.3. The summed E-state index contributed by atoms with van der Waals surface area (Å²) in [5, 5.41) is 1.42. The lowest BCUT2D eigenvalue weighted by atomic mass is 10.1. The van der Waals surface area contributed by atoms with E-state index in [4.69, 9.17) is 0 Å². The summed E-state index contributed by atoms with van der Waals surface area (Å²) in [7, 11) is 0. The second-order valence-electron chi connectivity index (χ2n) is 4.57. The zero-order valence-electron chi connectivity index (χ0n) is 10.5. The molecule has 4 heteroatoms. The van der Waals surface area contributed by atoms with Crippen LogP contribution >= 0.6 is 0 Å². The highest BCUT2D eigenvalue weighted by molar-refractivity contribution is 5.81. The van der Waals surface area contributed by atoms with Crippen molar-refractivity contribution in [3.8, 4) is 0 Å². The highest BCUT2D eigenvalue weighted by Crippen LogP contribution is 2.12. The van der Waals surface area contributed by atoms with Crippen LogP contribution in [-0.4, -0.2) is 4.57 Å². The quantitative estimate of drug-likeness (QED) is 0.700. The van der Waals surface area contributed by atoms with E-state index in [-0.39, 0.29) is 17.7 Å². The molecule has 100 valence electrons. The monoisotopic (exact) mass is 271 g/mol. The van der Waals surface area contributed by atoms with Crippen LogP contribution in [0.1, 0.15) is 5.56 Å². The molecule has 0 aliphatic heterocycles. The van der Waals surface area contributed by atoms with Gasteiger partial charge in [0.2, 0.25) is 0 Å². The number of nitrogens with zero attached hydrogens (tertiary/aromatic N) is 1. The van der Waals surface area contributed by atoms with Gasteiger partial charge in [0.1, 0.15) is 11.6 Å². The summed E-state index contributed by atoms with van der Waals surface area (Å²) >= 11 is 0. The van der Waals surface area contributed by atoms with Gasteiger partial charge < -0.3 is 4.57 Å². The van der Waals surface area contributed by atoms with Crippen LogP contribution in [0.4, 0.5) is 8.78 Å². The van der Waals surface area contributed by atoms with Crippen LogP contribution in [0.15, 0.2) is 59.5 Å². The topological polar surface area (TPSA) is 22.0 Å². The minimum absolute atomic E-state index is 0.0791. The van der Waals surface area contributed by atoms with Crippen LogP contribution in [0.2, 0.25) is 0 Å². The first-order chi connectivity index (χ1) is 9.65. The fourth-order valence-electron chi connectivity index (χ4n) is 2.19. The molecule has 0 saturated heterocycles. The lowest BCUT2D eigenvalue weighted by Gasteiger charge is -2.08. The lowest BCUT2D eigenvalue weighted by Crippen LogP contribution is -2.20. The Morgan fingerprint density at radius 3 is 2.60 bits per heavy atom. The third kappa shape index (κ3) is 2.20. The van der Waals surface area contributed by atoms with Crippen molar-refractivity contribution in [2.75, 3.05) is 0 Å². The van der Waals surface area contributed by atoms with Crippen LogP contribution in [0, 0.1) is 11.6 Å². The molecular formula is C16H11F2NO. The molecule has 0 amide bonds. The SMILES string of the molecule is O=c1c2ccccc2ccn1Cc1ccc(F)cc1F. The molecule has 2 nitrogen and oxygen atoms in total. The van der Waals surface area contributed by atoms with Gasteiger partial charge in [-0.1, -0.05) is 24.3 Å². The van der Waals surface area contributed by atoms with E-state index in [1.165, 1.54) is 16.7 Å². The van der Waals surface area contributed by atoms with Crippen LogP contribution in [0.3, 0.4) is 0 Å². The Kier molecular flexibility index (Phi) is 3.06. The normalized spacial score (nSPS) is 10.9. The maximum atomic E-state index is 13.6. The van der Waals surface area contributed by atoms with Crippen molar-refractivity contribution in [2.45, 2.75) is 6.54 Å². The molecule has 1 heterocycles. The van der Waals surface area contributed by atoms with Gasteiger partial charge in [-0.3, -0.25) is 4.79 Å². The van der Waals surface area contributed by atoms with Crippen molar-refractivity contribution in [3.63, 3.8) is 0 Å². The Morgan fingerprint density at radius 1 is 1.00 bits per heavy atom. The molecule has 1 aromatic heterocycles. The lowest BCUT2D eigenvalue weighted by molar-refractivity contribution is 0.565. The molecule has 0 aliphatic rings. The van der Waals surface area contributed by atoms with Crippen molar-refractivity contribution in [3.05, 3.63) is 82.3 Å². The molecule has 0 saturated carbocycles. The molecule has 0 spiro atoms.